The number of ether oxygens (including phenoxy) is 2. The maximum Gasteiger partial charge on any atom is 0.208 e. The van der Waals surface area contributed by atoms with Gasteiger partial charge in [0, 0.05) is 0 Å². The molecule has 1 aromatic rings. The zero-order chi connectivity index (χ0) is 7.68. The molecule has 11 heavy (non-hydrogen) atoms. The van der Waals surface area contributed by atoms with Crippen molar-refractivity contribution in [3.63, 3.8) is 0 Å². The maximum absolute atomic E-state index is 12.8. The molecule has 1 aliphatic heterocycles. The zero-order valence-corrected chi connectivity index (χ0v) is 5.50. The van der Waals surface area contributed by atoms with Crippen LogP contribution in [0.25, 0.3) is 0 Å². The van der Waals surface area contributed by atoms with E-state index in [4.69, 9.17) is 9.47 Å². The van der Waals surface area contributed by atoms with E-state index in [2.05, 4.69) is 6.26 Å². The molecule has 0 unspecified atom stereocenters. The quantitative estimate of drug-likeness (QED) is 0.563. The summed E-state index contributed by atoms with van der Waals surface area (Å²) in [6.07, 6.45) is 3.53. The topological polar surface area (TPSA) is 18.5 Å². The van der Waals surface area contributed by atoms with Crippen LogP contribution in [0.4, 0.5) is 4.39 Å². The summed E-state index contributed by atoms with van der Waals surface area (Å²) in [5, 5.41) is 0. The lowest BCUT2D eigenvalue weighted by Gasteiger charge is -2.10. The van der Waals surface area contributed by atoms with Crippen LogP contribution in [0.1, 0.15) is 0 Å². The monoisotopic (exact) mass is 151 g/mol. The fourth-order valence-electron chi connectivity index (χ4n) is 0.854. The Morgan fingerprint density at radius 3 is 3.09 bits per heavy atom. The smallest absolute Gasteiger partial charge is 0.208 e. The molecule has 2 nitrogen and oxygen atoms in total. The SMILES string of the molecule is Fc1cccc2c1OC=[C]O2. The molecule has 0 fully saturated rings. The van der Waals surface area contributed by atoms with Crippen molar-refractivity contribution in [3.8, 4) is 11.5 Å². The van der Waals surface area contributed by atoms with Gasteiger partial charge >= 0.3 is 0 Å². The second-order valence-electron chi connectivity index (χ2n) is 2.02. The van der Waals surface area contributed by atoms with E-state index in [1.807, 2.05) is 0 Å². The van der Waals surface area contributed by atoms with Crippen molar-refractivity contribution in [2.45, 2.75) is 0 Å². The lowest BCUT2D eigenvalue weighted by Crippen LogP contribution is -1.98. The van der Waals surface area contributed by atoms with E-state index in [9.17, 15) is 4.39 Å². The molecule has 55 valence electrons. The van der Waals surface area contributed by atoms with Crippen molar-refractivity contribution >= 4 is 0 Å². The number of hydrogen-bond acceptors (Lipinski definition) is 2. The van der Waals surface area contributed by atoms with Gasteiger partial charge in [0.25, 0.3) is 0 Å². The van der Waals surface area contributed by atoms with Crippen molar-refractivity contribution in [2.24, 2.45) is 0 Å². The van der Waals surface area contributed by atoms with Crippen LogP contribution in [0.3, 0.4) is 0 Å². The Morgan fingerprint density at radius 2 is 2.27 bits per heavy atom. The number of fused-ring (bicyclic) bond motifs is 1. The van der Waals surface area contributed by atoms with Crippen LogP contribution >= 0.6 is 0 Å². The second-order valence-corrected chi connectivity index (χ2v) is 2.02. The number of benzene rings is 1. The summed E-state index contributed by atoms with van der Waals surface area (Å²) in [4.78, 5) is 0. The van der Waals surface area contributed by atoms with Crippen LogP contribution < -0.4 is 9.47 Å². The van der Waals surface area contributed by atoms with E-state index < -0.39 is 5.82 Å². The molecule has 3 heteroatoms. The molecule has 0 N–H and O–H groups in total. The lowest BCUT2D eigenvalue weighted by atomic mass is 10.3. The molecule has 1 aliphatic rings. The van der Waals surface area contributed by atoms with E-state index in [1.165, 1.54) is 12.3 Å². The molecule has 1 aromatic carbocycles. The molecular weight excluding hydrogens is 147 g/mol. The van der Waals surface area contributed by atoms with Crippen LogP contribution in [0.5, 0.6) is 11.5 Å². The molecule has 0 atom stereocenters. The Kier molecular flexibility index (Phi) is 1.28. The number of hydrogen-bond donors (Lipinski definition) is 0. The van der Waals surface area contributed by atoms with Gasteiger partial charge in [0.1, 0.15) is 6.26 Å². The fraction of sp³-hybridized carbons (Fsp3) is 0. The van der Waals surface area contributed by atoms with Gasteiger partial charge in [-0.25, -0.2) is 4.39 Å². The molecule has 2 rings (SSSR count). The van der Waals surface area contributed by atoms with Gasteiger partial charge in [-0.3, -0.25) is 0 Å². The van der Waals surface area contributed by atoms with Gasteiger partial charge in [-0.2, -0.15) is 0 Å². The van der Waals surface area contributed by atoms with Crippen molar-refractivity contribution in [3.05, 3.63) is 36.5 Å². The minimum Gasteiger partial charge on any atom is -0.454 e. The van der Waals surface area contributed by atoms with Gasteiger partial charge < -0.3 is 9.47 Å². The highest BCUT2D eigenvalue weighted by molar-refractivity contribution is 5.42. The van der Waals surface area contributed by atoms with Crippen LogP contribution in [0, 0.1) is 12.1 Å². The summed E-state index contributed by atoms with van der Waals surface area (Å²) in [7, 11) is 0. The van der Waals surface area contributed by atoms with Crippen LogP contribution in [-0.4, -0.2) is 0 Å². The molecule has 1 radical (unpaired) electrons. The van der Waals surface area contributed by atoms with E-state index in [1.54, 1.807) is 12.1 Å². The van der Waals surface area contributed by atoms with Crippen LogP contribution in [0.15, 0.2) is 24.5 Å². The van der Waals surface area contributed by atoms with Crippen molar-refractivity contribution in [1.29, 1.82) is 0 Å². The first-order valence-corrected chi connectivity index (χ1v) is 3.07. The zero-order valence-electron chi connectivity index (χ0n) is 5.50. The average molecular weight is 151 g/mol. The van der Waals surface area contributed by atoms with Crippen LogP contribution in [0.2, 0.25) is 0 Å². The van der Waals surface area contributed by atoms with Gasteiger partial charge in [0.2, 0.25) is 12.0 Å². The first kappa shape index (κ1) is 6.22. The fourth-order valence-corrected chi connectivity index (χ4v) is 0.854. The summed E-state index contributed by atoms with van der Waals surface area (Å²) < 4.78 is 22.5. The summed E-state index contributed by atoms with van der Waals surface area (Å²) in [5.74, 6) is 0.0407. The highest BCUT2D eigenvalue weighted by atomic mass is 19.1. The Morgan fingerprint density at radius 1 is 1.36 bits per heavy atom. The van der Waals surface area contributed by atoms with Gasteiger partial charge in [-0.05, 0) is 12.1 Å². The summed E-state index contributed by atoms with van der Waals surface area (Å²) in [5.41, 5.74) is 0. The third kappa shape index (κ3) is 0.941. The number of halogens is 1. The Bertz CT molecular complexity index is 307. The minimum atomic E-state index is -0.430. The van der Waals surface area contributed by atoms with E-state index in [0.717, 1.165) is 0 Å². The second kappa shape index (κ2) is 2.27. The number of para-hydroxylation sites is 1. The minimum absolute atomic E-state index is 0.117. The molecule has 0 aromatic heterocycles. The molecule has 0 aliphatic carbocycles. The molecule has 0 spiro atoms. The van der Waals surface area contributed by atoms with Gasteiger partial charge in [-0.15, -0.1) is 0 Å². The standard InChI is InChI=1S/C8H4FO2/c9-6-2-1-3-7-8(6)11-5-4-10-7/h1-3,5H. The molecule has 0 saturated carbocycles. The van der Waals surface area contributed by atoms with E-state index in [-0.39, 0.29) is 5.75 Å². The van der Waals surface area contributed by atoms with Gasteiger partial charge in [-0.1, -0.05) is 6.07 Å². The summed E-state index contributed by atoms with van der Waals surface area (Å²) in [6, 6.07) is 4.46. The van der Waals surface area contributed by atoms with E-state index >= 15 is 0 Å². The first-order valence-electron chi connectivity index (χ1n) is 3.07. The van der Waals surface area contributed by atoms with Gasteiger partial charge in [0.15, 0.2) is 11.6 Å². The molecular formula is C8H4FO2. The molecule has 1 heterocycles. The predicted molar refractivity (Wildman–Crippen MR) is 35.5 cm³/mol. The molecule has 0 saturated heterocycles. The van der Waals surface area contributed by atoms with Crippen molar-refractivity contribution < 1.29 is 13.9 Å². The number of rotatable bonds is 0. The van der Waals surface area contributed by atoms with Gasteiger partial charge in [0.05, 0.1) is 0 Å². The van der Waals surface area contributed by atoms with Crippen molar-refractivity contribution in [1.82, 2.24) is 0 Å². The Labute approximate surface area is 62.9 Å². The molecule has 0 bridgehead atoms. The maximum atomic E-state index is 12.8. The first-order chi connectivity index (χ1) is 5.38. The van der Waals surface area contributed by atoms with Crippen molar-refractivity contribution in [2.75, 3.05) is 0 Å². The lowest BCUT2D eigenvalue weighted by molar-refractivity contribution is 0.328. The highest BCUT2D eigenvalue weighted by Crippen LogP contribution is 2.32. The van der Waals surface area contributed by atoms with Crippen LogP contribution in [-0.2, 0) is 0 Å². The molecule has 0 amide bonds. The summed E-state index contributed by atoms with van der Waals surface area (Å²) >= 11 is 0. The third-order valence-corrected chi connectivity index (χ3v) is 1.32. The summed E-state index contributed by atoms with van der Waals surface area (Å²) in [6.45, 7) is 0. The highest BCUT2D eigenvalue weighted by Gasteiger charge is 2.12. The third-order valence-electron chi connectivity index (χ3n) is 1.32. The average Bonchev–Trinajstić information content (AvgIpc) is 2.06. The van der Waals surface area contributed by atoms with E-state index in [0.29, 0.717) is 5.75 Å². The largest absolute Gasteiger partial charge is 0.454 e. The Hall–Kier alpha value is -1.51. The normalized spacial score (nSPS) is 13.2. The predicted octanol–water partition coefficient (Wildman–Crippen LogP) is 1.87. The Balaban J connectivity index is 2.54.